The number of piperidine rings is 1. The van der Waals surface area contributed by atoms with Gasteiger partial charge in [0.1, 0.15) is 11.6 Å². The first-order chi connectivity index (χ1) is 9.22. The first-order valence-electron chi connectivity index (χ1n) is 7.11. The van der Waals surface area contributed by atoms with Crippen molar-refractivity contribution in [3.8, 4) is 5.88 Å². The van der Waals surface area contributed by atoms with Gasteiger partial charge in [-0.3, -0.25) is 0 Å². The number of nitrogens with zero attached hydrogens (tertiary/aromatic N) is 3. The first kappa shape index (κ1) is 14.1. The van der Waals surface area contributed by atoms with Crippen LogP contribution in [0.5, 0.6) is 5.88 Å². The Morgan fingerprint density at radius 3 is 2.74 bits per heavy atom. The number of hydrogen-bond donors (Lipinski definition) is 1. The van der Waals surface area contributed by atoms with Crippen LogP contribution in [0, 0.1) is 12.8 Å². The summed E-state index contributed by atoms with van der Waals surface area (Å²) in [6.45, 7) is 7.77. The van der Waals surface area contributed by atoms with E-state index in [1.807, 2.05) is 27.0 Å². The highest BCUT2D eigenvalue weighted by atomic mass is 16.5. The van der Waals surface area contributed by atoms with Crippen LogP contribution in [-0.4, -0.2) is 43.3 Å². The summed E-state index contributed by atoms with van der Waals surface area (Å²) in [6.07, 6.45) is 2.43. The van der Waals surface area contributed by atoms with E-state index in [1.54, 1.807) is 0 Å². The van der Waals surface area contributed by atoms with Crippen LogP contribution in [0.1, 0.15) is 25.6 Å². The molecule has 0 bridgehead atoms. The van der Waals surface area contributed by atoms with Gasteiger partial charge in [0.2, 0.25) is 5.88 Å². The van der Waals surface area contributed by atoms with Crippen molar-refractivity contribution in [3.05, 3.63) is 11.9 Å². The van der Waals surface area contributed by atoms with Crippen LogP contribution < -0.4 is 15.0 Å². The van der Waals surface area contributed by atoms with Gasteiger partial charge < -0.3 is 15.0 Å². The van der Waals surface area contributed by atoms with Gasteiger partial charge in [-0.1, -0.05) is 0 Å². The normalized spacial score (nSPS) is 16.7. The number of aryl methyl sites for hydroxylation is 1. The SMILES string of the molecule is CCOc1cc(N2CCC(CNC)CC2)nc(C)n1. The van der Waals surface area contributed by atoms with Gasteiger partial charge in [-0.2, -0.15) is 4.98 Å². The Hall–Kier alpha value is -1.36. The fraction of sp³-hybridized carbons (Fsp3) is 0.714. The molecule has 1 fully saturated rings. The Bertz CT molecular complexity index is 402. The highest BCUT2D eigenvalue weighted by Gasteiger charge is 2.20. The van der Waals surface area contributed by atoms with Crippen molar-refractivity contribution in [2.45, 2.75) is 26.7 Å². The third kappa shape index (κ3) is 3.80. The largest absolute Gasteiger partial charge is 0.478 e. The maximum Gasteiger partial charge on any atom is 0.218 e. The minimum absolute atomic E-state index is 0.639. The van der Waals surface area contributed by atoms with Gasteiger partial charge in [0, 0.05) is 19.2 Å². The topological polar surface area (TPSA) is 50.3 Å². The van der Waals surface area contributed by atoms with Gasteiger partial charge in [-0.05, 0) is 46.2 Å². The zero-order valence-corrected chi connectivity index (χ0v) is 12.1. The lowest BCUT2D eigenvalue weighted by molar-refractivity contribution is 0.325. The van der Waals surface area contributed by atoms with Gasteiger partial charge in [0.15, 0.2) is 0 Å². The number of ether oxygens (including phenoxy) is 1. The molecule has 0 saturated carbocycles. The lowest BCUT2D eigenvalue weighted by Gasteiger charge is -2.32. The molecule has 0 radical (unpaired) electrons. The predicted octanol–water partition coefficient (Wildman–Crippen LogP) is 1.62. The molecule has 1 saturated heterocycles. The molecule has 19 heavy (non-hydrogen) atoms. The molecule has 5 nitrogen and oxygen atoms in total. The summed E-state index contributed by atoms with van der Waals surface area (Å²) in [6, 6.07) is 1.95. The van der Waals surface area contributed by atoms with Crippen LogP contribution in [0.2, 0.25) is 0 Å². The second kappa shape index (κ2) is 6.70. The maximum atomic E-state index is 5.49. The Kier molecular flexibility index (Phi) is 4.96. The summed E-state index contributed by atoms with van der Waals surface area (Å²) in [5.41, 5.74) is 0. The third-order valence-electron chi connectivity index (χ3n) is 3.52. The second-order valence-electron chi connectivity index (χ2n) is 5.03. The molecular weight excluding hydrogens is 240 g/mol. The van der Waals surface area contributed by atoms with Crippen LogP contribution in [0.25, 0.3) is 0 Å². The fourth-order valence-corrected chi connectivity index (χ4v) is 2.56. The average molecular weight is 264 g/mol. The van der Waals surface area contributed by atoms with Crippen molar-refractivity contribution < 1.29 is 4.74 Å². The molecule has 0 aromatic carbocycles. The van der Waals surface area contributed by atoms with Gasteiger partial charge in [-0.25, -0.2) is 4.98 Å². The highest BCUT2D eigenvalue weighted by molar-refractivity contribution is 5.42. The molecule has 0 amide bonds. The van der Waals surface area contributed by atoms with E-state index in [0.717, 1.165) is 37.2 Å². The number of hydrogen-bond acceptors (Lipinski definition) is 5. The number of nitrogens with one attached hydrogen (secondary N) is 1. The summed E-state index contributed by atoms with van der Waals surface area (Å²) in [5.74, 6) is 3.25. The number of rotatable bonds is 5. The van der Waals surface area contributed by atoms with Crippen molar-refractivity contribution in [2.24, 2.45) is 5.92 Å². The third-order valence-corrected chi connectivity index (χ3v) is 3.52. The number of anilines is 1. The number of aromatic nitrogens is 2. The minimum atomic E-state index is 0.639. The van der Waals surface area contributed by atoms with E-state index in [2.05, 4.69) is 20.2 Å². The van der Waals surface area contributed by atoms with Crippen molar-refractivity contribution in [1.29, 1.82) is 0 Å². The van der Waals surface area contributed by atoms with Crippen molar-refractivity contribution in [2.75, 3.05) is 38.2 Å². The maximum absolute atomic E-state index is 5.49. The summed E-state index contributed by atoms with van der Waals surface area (Å²) in [4.78, 5) is 11.2. The van der Waals surface area contributed by atoms with Crippen LogP contribution in [0.3, 0.4) is 0 Å². The molecule has 1 N–H and O–H groups in total. The molecular formula is C14H24N4O. The molecule has 2 rings (SSSR count). The lowest BCUT2D eigenvalue weighted by atomic mass is 9.97. The van der Waals surface area contributed by atoms with E-state index in [0.29, 0.717) is 12.5 Å². The molecule has 0 unspecified atom stereocenters. The molecule has 106 valence electrons. The van der Waals surface area contributed by atoms with Crippen LogP contribution >= 0.6 is 0 Å². The van der Waals surface area contributed by atoms with Crippen molar-refractivity contribution >= 4 is 5.82 Å². The summed E-state index contributed by atoms with van der Waals surface area (Å²) < 4.78 is 5.49. The molecule has 0 atom stereocenters. The molecule has 1 aromatic rings. The van der Waals surface area contributed by atoms with E-state index in [9.17, 15) is 0 Å². The Balaban J connectivity index is 2.02. The van der Waals surface area contributed by atoms with E-state index in [1.165, 1.54) is 12.8 Å². The quantitative estimate of drug-likeness (QED) is 0.876. The highest BCUT2D eigenvalue weighted by Crippen LogP contribution is 2.23. The Morgan fingerprint density at radius 2 is 2.11 bits per heavy atom. The van der Waals surface area contributed by atoms with Crippen LogP contribution in [0.15, 0.2) is 6.07 Å². The zero-order valence-electron chi connectivity index (χ0n) is 12.1. The molecule has 1 aromatic heterocycles. The van der Waals surface area contributed by atoms with Gasteiger partial charge >= 0.3 is 0 Å². The monoisotopic (exact) mass is 264 g/mol. The zero-order chi connectivity index (χ0) is 13.7. The van der Waals surface area contributed by atoms with Crippen LogP contribution in [-0.2, 0) is 0 Å². The van der Waals surface area contributed by atoms with Gasteiger partial charge in [-0.15, -0.1) is 0 Å². The molecule has 0 aliphatic carbocycles. The van der Waals surface area contributed by atoms with Crippen molar-refractivity contribution in [3.63, 3.8) is 0 Å². The first-order valence-corrected chi connectivity index (χ1v) is 7.11. The Morgan fingerprint density at radius 1 is 1.37 bits per heavy atom. The molecule has 5 heteroatoms. The minimum Gasteiger partial charge on any atom is -0.478 e. The smallest absolute Gasteiger partial charge is 0.218 e. The lowest BCUT2D eigenvalue weighted by Crippen LogP contribution is -2.37. The molecule has 0 spiro atoms. The summed E-state index contributed by atoms with van der Waals surface area (Å²) in [5, 5.41) is 3.26. The van der Waals surface area contributed by atoms with Crippen molar-refractivity contribution in [1.82, 2.24) is 15.3 Å². The molecule has 2 heterocycles. The summed E-state index contributed by atoms with van der Waals surface area (Å²) >= 11 is 0. The molecule has 1 aliphatic heterocycles. The summed E-state index contributed by atoms with van der Waals surface area (Å²) in [7, 11) is 2.02. The molecule has 1 aliphatic rings. The predicted molar refractivity (Wildman–Crippen MR) is 76.8 cm³/mol. The standard InChI is InChI=1S/C14H24N4O/c1-4-19-14-9-13(16-11(2)17-14)18-7-5-12(6-8-18)10-15-3/h9,12,15H,4-8,10H2,1-3H3. The van der Waals surface area contributed by atoms with E-state index < -0.39 is 0 Å². The van der Waals surface area contributed by atoms with Crippen LogP contribution in [0.4, 0.5) is 5.82 Å². The Labute approximate surface area is 115 Å². The second-order valence-corrected chi connectivity index (χ2v) is 5.03. The van der Waals surface area contributed by atoms with Gasteiger partial charge in [0.05, 0.1) is 6.61 Å². The average Bonchev–Trinajstić information content (AvgIpc) is 2.40. The van der Waals surface area contributed by atoms with E-state index in [-0.39, 0.29) is 0 Å². The van der Waals surface area contributed by atoms with Gasteiger partial charge in [0.25, 0.3) is 0 Å². The van der Waals surface area contributed by atoms with E-state index in [4.69, 9.17) is 4.74 Å². The fourth-order valence-electron chi connectivity index (χ4n) is 2.56. The van der Waals surface area contributed by atoms with E-state index >= 15 is 0 Å².